The molecule has 108 valence electrons. The Balaban J connectivity index is 2.00. The van der Waals surface area contributed by atoms with Gasteiger partial charge in [-0.25, -0.2) is 18.4 Å². The summed E-state index contributed by atoms with van der Waals surface area (Å²) in [6.07, 6.45) is 1.26. The second-order valence-corrected chi connectivity index (χ2v) is 6.69. The number of hydrogen-bond donors (Lipinski definition) is 1. The van der Waals surface area contributed by atoms with Gasteiger partial charge in [0.25, 0.3) is 10.0 Å². The second-order valence-electron chi connectivity index (χ2n) is 4.43. The molecule has 0 spiro atoms. The van der Waals surface area contributed by atoms with E-state index >= 15 is 0 Å². The molecule has 21 heavy (non-hydrogen) atoms. The summed E-state index contributed by atoms with van der Waals surface area (Å²) in [5.74, 6) is 0.279. The molecule has 0 amide bonds. The highest BCUT2D eigenvalue weighted by molar-refractivity contribution is 7.89. The van der Waals surface area contributed by atoms with Gasteiger partial charge in [0.1, 0.15) is 17.1 Å². The third-order valence-corrected chi connectivity index (χ3v) is 5.11. The van der Waals surface area contributed by atoms with Gasteiger partial charge in [-0.2, -0.15) is 0 Å². The molecule has 0 radical (unpaired) electrons. The number of pyridine rings is 1. The number of benzene rings is 1. The lowest BCUT2D eigenvalue weighted by atomic mass is 10.3. The Labute approximate surface area is 126 Å². The fraction of sp³-hybridized carbons (Fsp3) is 0.0769. The van der Waals surface area contributed by atoms with Crippen LogP contribution in [0.15, 0.2) is 46.3 Å². The molecule has 0 atom stereocenters. The first-order valence-corrected chi connectivity index (χ1v) is 7.86. The van der Waals surface area contributed by atoms with E-state index in [1.807, 2.05) is 0 Å². The molecular formula is C13H11ClN4O2S. The minimum absolute atomic E-state index is 0.0238. The van der Waals surface area contributed by atoms with E-state index < -0.39 is 10.0 Å². The lowest BCUT2D eigenvalue weighted by Crippen LogP contribution is -2.32. The standard InChI is InChI=1S/C13H11ClN4O2S/c14-9-5-6-13(15)17-11(9)7-18-8-16-10-3-1-2-4-12(10)21(18,19)20/h1-6,8H,7H2,(H2,15,17). The highest BCUT2D eigenvalue weighted by Crippen LogP contribution is 2.31. The Morgan fingerprint density at radius 3 is 2.76 bits per heavy atom. The van der Waals surface area contributed by atoms with Crippen LogP contribution in [-0.4, -0.2) is 24.0 Å². The number of anilines is 1. The molecule has 0 aliphatic carbocycles. The lowest BCUT2D eigenvalue weighted by molar-refractivity contribution is 0.518. The highest BCUT2D eigenvalue weighted by atomic mass is 35.5. The van der Waals surface area contributed by atoms with Crippen LogP contribution in [0.3, 0.4) is 0 Å². The van der Waals surface area contributed by atoms with Gasteiger partial charge in [-0.3, -0.25) is 4.31 Å². The highest BCUT2D eigenvalue weighted by Gasteiger charge is 2.29. The average molecular weight is 323 g/mol. The first-order chi connectivity index (χ1) is 9.98. The monoisotopic (exact) mass is 322 g/mol. The predicted octanol–water partition coefficient (Wildman–Crippen LogP) is 2.18. The van der Waals surface area contributed by atoms with Gasteiger partial charge in [0, 0.05) is 0 Å². The molecule has 0 saturated carbocycles. The summed E-state index contributed by atoms with van der Waals surface area (Å²) in [5, 5.41) is 0.353. The number of para-hydroxylation sites is 1. The molecule has 1 aromatic carbocycles. The summed E-state index contributed by atoms with van der Waals surface area (Å²) in [4.78, 5) is 8.36. The van der Waals surface area contributed by atoms with Crippen molar-refractivity contribution in [3.63, 3.8) is 0 Å². The minimum atomic E-state index is -3.67. The van der Waals surface area contributed by atoms with Crippen molar-refractivity contribution >= 4 is 39.5 Å². The predicted molar refractivity (Wildman–Crippen MR) is 81.0 cm³/mol. The van der Waals surface area contributed by atoms with Crippen LogP contribution >= 0.6 is 11.6 Å². The summed E-state index contributed by atoms with van der Waals surface area (Å²) in [5.41, 5.74) is 6.40. The molecule has 1 aromatic heterocycles. The number of halogens is 1. The molecule has 2 N–H and O–H groups in total. The first-order valence-electron chi connectivity index (χ1n) is 6.04. The Morgan fingerprint density at radius 2 is 1.95 bits per heavy atom. The molecule has 2 aromatic rings. The number of hydrogen-bond acceptors (Lipinski definition) is 5. The van der Waals surface area contributed by atoms with Crippen molar-refractivity contribution in [1.82, 2.24) is 9.29 Å². The fourth-order valence-corrected chi connectivity index (χ4v) is 3.50. The molecule has 8 heteroatoms. The Morgan fingerprint density at radius 1 is 1.19 bits per heavy atom. The summed E-state index contributed by atoms with van der Waals surface area (Å²) < 4.78 is 26.2. The van der Waals surface area contributed by atoms with Gasteiger partial charge in [-0.1, -0.05) is 23.7 Å². The van der Waals surface area contributed by atoms with E-state index in [4.69, 9.17) is 17.3 Å². The van der Waals surface area contributed by atoms with Crippen LogP contribution in [0, 0.1) is 0 Å². The average Bonchev–Trinajstić information content (AvgIpc) is 2.46. The van der Waals surface area contributed by atoms with E-state index in [0.717, 1.165) is 4.31 Å². The molecule has 0 bridgehead atoms. The van der Waals surface area contributed by atoms with Crippen LogP contribution in [0.4, 0.5) is 11.5 Å². The normalized spacial score (nSPS) is 15.8. The molecule has 2 heterocycles. The molecule has 0 fully saturated rings. The van der Waals surface area contributed by atoms with E-state index in [1.54, 1.807) is 30.3 Å². The molecule has 1 aliphatic rings. The smallest absolute Gasteiger partial charge is 0.267 e. The van der Waals surface area contributed by atoms with Crippen LogP contribution in [0.1, 0.15) is 5.69 Å². The maximum absolute atomic E-state index is 12.5. The van der Waals surface area contributed by atoms with E-state index in [0.29, 0.717) is 16.4 Å². The van der Waals surface area contributed by atoms with E-state index in [9.17, 15) is 8.42 Å². The Hall–Kier alpha value is -2.12. The topological polar surface area (TPSA) is 88.6 Å². The Kier molecular flexibility index (Phi) is 3.30. The van der Waals surface area contributed by atoms with Crippen molar-refractivity contribution in [3.05, 3.63) is 47.1 Å². The number of nitrogens with two attached hydrogens (primary N) is 1. The molecule has 0 saturated heterocycles. The number of aromatic nitrogens is 1. The number of rotatable bonds is 2. The third kappa shape index (κ3) is 2.45. The van der Waals surface area contributed by atoms with Crippen LogP contribution < -0.4 is 5.73 Å². The van der Waals surface area contributed by atoms with Crippen molar-refractivity contribution in [3.8, 4) is 0 Å². The Bertz CT molecular complexity index is 836. The maximum Gasteiger partial charge on any atom is 0.267 e. The number of fused-ring (bicyclic) bond motifs is 1. The van der Waals surface area contributed by atoms with Gasteiger partial charge in [0.2, 0.25) is 0 Å². The van der Waals surface area contributed by atoms with Crippen LogP contribution in [-0.2, 0) is 16.6 Å². The van der Waals surface area contributed by atoms with Crippen LogP contribution in [0.5, 0.6) is 0 Å². The molecule has 6 nitrogen and oxygen atoms in total. The van der Waals surface area contributed by atoms with Crippen LogP contribution in [0.25, 0.3) is 0 Å². The van der Waals surface area contributed by atoms with E-state index in [2.05, 4.69) is 9.98 Å². The number of sulfonamides is 1. The van der Waals surface area contributed by atoms with Gasteiger partial charge >= 0.3 is 0 Å². The maximum atomic E-state index is 12.5. The quantitative estimate of drug-likeness (QED) is 0.917. The molecule has 1 aliphatic heterocycles. The van der Waals surface area contributed by atoms with Gasteiger partial charge in [-0.15, -0.1) is 0 Å². The molecule has 0 unspecified atom stereocenters. The molecular weight excluding hydrogens is 312 g/mol. The van der Waals surface area contributed by atoms with Crippen molar-refractivity contribution < 1.29 is 8.42 Å². The minimum Gasteiger partial charge on any atom is -0.384 e. The second kappa shape index (κ2) is 5.01. The SMILES string of the molecule is Nc1ccc(Cl)c(CN2C=Nc3ccccc3S2(=O)=O)n1. The van der Waals surface area contributed by atoms with Crippen molar-refractivity contribution in [2.45, 2.75) is 11.4 Å². The summed E-state index contributed by atoms with van der Waals surface area (Å²) in [6.45, 7) is -0.0238. The van der Waals surface area contributed by atoms with Gasteiger partial charge in [0.05, 0.1) is 22.9 Å². The summed E-state index contributed by atoms with van der Waals surface area (Å²) in [6, 6.07) is 9.69. The zero-order valence-electron chi connectivity index (χ0n) is 10.8. The van der Waals surface area contributed by atoms with Gasteiger partial charge in [-0.05, 0) is 24.3 Å². The van der Waals surface area contributed by atoms with Gasteiger partial charge in [0.15, 0.2) is 0 Å². The van der Waals surface area contributed by atoms with Crippen molar-refractivity contribution in [2.75, 3.05) is 5.73 Å². The lowest BCUT2D eigenvalue weighted by Gasteiger charge is -2.24. The van der Waals surface area contributed by atoms with E-state index in [1.165, 1.54) is 12.4 Å². The molecule has 3 rings (SSSR count). The summed E-state index contributed by atoms with van der Waals surface area (Å²) >= 11 is 6.02. The number of nitrogen functional groups attached to an aromatic ring is 1. The van der Waals surface area contributed by atoms with Crippen molar-refractivity contribution in [1.29, 1.82) is 0 Å². The van der Waals surface area contributed by atoms with Crippen molar-refractivity contribution in [2.24, 2.45) is 4.99 Å². The van der Waals surface area contributed by atoms with Crippen LogP contribution in [0.2, 0.25) is 5.02 Å². The fourth-order valence-electron chi connectivity index (χ4n) is 1.98. The number of nitrogens with zero attached hydrogens (tertiary/aromatic N) is 3. The zero-order valence-corrected chi connectivity index (χ0v) is 12.3. The largest absolute Gasteiger partial charge is 0.384 e. The summed E-state index contributed by atoms with van der Waals surface area (Å²) in [7, 11) is -3.67. The number of aliphatic imine (C=N–C) groups is 1. The first kappa shape index (κ1) is 13.8. The van der Waals surface area contributed by atoms with Gasteiger partial charge < -0.3 is 5.73 Å². The van der Waals surface area contributed by atoms with E-state index in [-0.39, 0.29) is 17.3 Å². The zero-order chi connectivity index (χ0) is 15.0. The third-order valence-electron chi connectivity index (χ3n) is 3.02.